The number of carbonyl (C=O) groups is 1. The van der Waals surface area contributed by atoms with Crippen molar-refractivity contribution >= 4 is 18.3 Å². The van der Waals surface area contributed by atoms with Crippen molar-refractivity contribution in [1.29, 1.82) is 0 Å². The molecule has 0 radical (unpaired) electrons. The van der Waals surface area contributed by atoms with Gasteiger partial charge in [-0.3, -0.25) is 4.79 Å². The lowest BCUT2D eigenvalue weighted by Crippen LogP contribution is -2.44. The first-order valence-corrected chi connectivity index (χ1v) is 7.48. The molecule has 0 saturated carbocycles. The maximum absolute atomic E-state index is 12.5. The number of hydrogen-bond acceptors (Lipinski definition) is 3. The van der Waals surface area contributed by atoms with Crippen molar-refractivity contribution in [2.75, 3.05) is 19.7 Å². The number of carbonyl (C=O) groups excluding carboxylic acids is 1. The molecule has 110 valence electrons. The van der Waals surface area contributed by atoms with Gasteiger partial charge in [0.25, 0.3) is 0 Å². The SMILES string of the molecule is Cl.O=C(CC1CCCCO1)N1C2CCNCC1CC2. The van der Waals surface area contributed by atoms with Crippen LogP contribution in [0.2, 0.25) is 0 Å². The van der Waals surface area contributed by atoms with E-state index in [1.807, 2.05) is 0 Å². The Bertz CT molecular complexity index is 294. The van der Waals surface area contributed by atoms with Crippen LogP contribution in [0.15, 0.2) is 0 Å². The Morgan fingerprint density at radius 2 is 2.00 bits per heavy atom. The van der Waals surface area contributed by atoms with Gasteiger partial charge in [-0.25, -0.2) is 0 Å². The molecule has 0 spiro atoms. The van der Waals surface area contributed by atoms with Crippen LogP contribution in [-0.2, 0) is 9.53 Å². The summed E-state index contributed by atoms with van der Waals surface area (Å²) in [5, 5.41) is 3.44. The number of ether oxygens (including phenoxy) is 1. The lowest BCUT2D eigenvalue weighted by Gasteiger charge is -2.30. The van der Waals surface area contributed by atoms with Crippen molar-refractivity contribution < 1.29 is 9.53 Å². The summed E-state index contributed by atoms with van der Waals surface area (Å²) >= 11 is 0. The highest BCUT2D eigenvalue weighted by Crippen LogP contribution is 2.29. The molecule has 3 atom stereocenters. The summed E-state index contributed by atoms with van der Waals surface area (Å²) < 4.78 is 5.70. The van der Waals surface area contributed by atoms with E-state index in [-0.39, 0.29) is 18.5 Å². The van der Waals surface area contributed by atoms with Gasteiger partial charge in [-0.2, -0.15) is 0 Å². The highest BCUT2D eigenvalue weighted by atomic mass is 35.5. The molecule has 3 rings (SSSR count). The minimum absolute atomic E-state index is 0. The third-order valence-electron chi connectivity index (χ3n) is 4.62. The van der Waals surface area contributed by atoms with E-state index in [1.165, 1.54) is 19.3 Å². The van der Waals surface area contributed by atoms with Crippen LogP contribution in [-0.4, -0.2) is 48.7 Å². The molecule has 3 unspecified atom stereocenters. The van der Waals surface area contributed by atoms with E-state index >= 15 is 0 Å². The quantitative estimate of drug-likeness (QED) is 0.841. The van der Waals surface area contributed by atoms with Crippen molar-refractivity contribution in [3.63, 3.8) is 0 Å². The molecule has 3 heterocycles. The predicted molar refractivity (Wildman–Crippen MR) is 76.6 cm³/mol. The second-order valence-corrected chi connectivity index (χ2v) is 5.87. The van der Waals surface area contributed by atoms with Gasteiger partial charge in [0.15, 0.2) is 0 Å². The summed E-state index contributed by atoms with van der Waals surface area (Å²) in [5.41, 5.74) is 0. The number of hydrogen-bond donors (Lipinski definition) is 1. The van der Waals surface area contributed by atoms with E-state index in [0.717, 1.165) is 39.0 Å². The van der Waals surface area contributed by atoms with Crippen LogP contribution in [0.1, 0.15) is 44.9 Å². The van der Waals surface area contributed by atoms with Gasteiger partial charge in [-0.05, 0) is 45.1 Å². The average Bonchev–Trinajstić information content (AvgIpc) is 2.64. The van der Waals surface area contributed by atoms with Crippen LogP contribution in [0.25, 0.3) is 0 Å². The van der Waals surface area contributed by atoms with Crippen LogP contribution >= 0.6 is 12.4 Å². The van der Waals surface area contributed by atoms with Gasteiger partial charge in [0, 0.05) is 25.2 Å². The number of amides is 1. The molecule has 0 aromatic rings. The first kappa shape index (κ1) is 15.1. The summed E-state index contributed by atoms with van der Waals surface area (Å²) in [6.07, 6.45) is 7.71. The fourth-order valence-corrected chi connectivity index (χ4v) is 3.66. The fourth-order valence-electron chi connectivity index (χ4n) is 3.66. The van der Waals surface area contributed by atoms with E-state index in [9.17, 15) is 4.79 Å². The molecule has 3 saturated heterocycles. The Labute approximate surface area is 121 Å². The summed E-state index contributed by atoms with van der Waals surface area (Å²) in [6.45, 7) is 2.88. The Morgan fingerprint density at radius 1 is 1.16 bits per heavy atom. The second-order valence-electron chi connectivity index (χ2n) is 5.87. The minimum Gasteiger partial charge on any atom is -0.378 e. The molecule has 0 aliphatic carbocycles. The van der Waals surface area contributed by atoms with Gasteiger partial charge in [-0.15, -0.1) is 12.4 Å². The number of fused-ring (bicyclic) bond motifs is 2. The zero-order chi connectivity index (χ0) is 12.4. The smallest absolute Gasteiger partial charge is 0.225 e. The van der Waals surface area contributed by atoms with Crippen LogP contribution < -0.4 is 5.32 Å². The highest BCUT2D eigenvalue weighted by Gasteiger charge is 2.38. The predicted octanol–water partition coefficient (Wildman–Crippen LogP) is 1.72. The molecule has 5 heteroatoms. The molecular formula is C14H25ClN2O2. The van der Waals surface area contributed by atoms with E-state index in [2.05, 4.69) is 10.2 Å². The summed E-state index contributed by atoms with van der Waals surface area (Å²) in [6, 6.07) is 0.926. The van der Waals surface area contributed by atoms with Crippen molar-refractivity contribution in [3.8, 4) is 0 Å². The summed E-state index contributed by atoms with van der Waals surface area (Å²) in [5.74, 6) is 0.332. The highest BCUT2D eigenvalue weighted by molar-refractivity contribution is 5.85. The lowest BCUT2D eigenvalue weighted by molar-refractivity contribution is -0.137. The number of nitrogens with one attached hydrogen (secondary N) is 1. The molecule has 19 heavy (non-hydrogen) atoms. The Kier molecular flexibility index (Phi) is 5.48. The zero-order valence-corrected chi connectivity index (χ0v) is 12.3. The Hall–Kier alpha value is -0.320. The Balaban J connectivity index is 0.00000133. The fraction of sp³-hybridized carbons (Fsp3) is 0.929. The van der Waals surface area contributed by atoms with Gasteiger partial charge >= 0.3 is 0 Å². The van der Waals surface area contributed by atoms with E-state index in [0.29, 0.717) is 24.4 Å². The van der Waals surface area contributed by atoms with E-state index in [1.54, 1.807) is 0 Å². The van der Waals surface area contributed by atoms with Gasteiger partial charge in [0.05, 0.1) is 12.5 Å². The third kappa shape index (κ3) is 3.41. The Morgan fingerprint density at radius 3 is 2.79 bits per heavy atom. The first-order valence-electron chi connectivity index (χ1n) is 7.48. The van der Waals surface area contributed by atoms with Crippen LogP contribution in [0, 0.1) is 0 Å². The van der Waals surface area contributed by atoms with Crippen molar-refractivity contribution in [2.45, 2.75) is 63.1 Å². The van der Waals surface area contributed by atoms with Crippen molar-refractivity contribution in [3.05, 3.63) is 0 Å². The first-order chi connectivity index (χ1) is 8.84. The van der Waals surface area contributed by atoms with Crippen LogP contribution in [0.3, 0.4) is 0 Å². The number of nitrogens with zero attached hydrogens (tertiary/aromatic N) is 1. The second kappa shape index (κ2) is 6.91. The molecule has 1 amide bonds. The molecule has 3 aliphatic heterocycles. The molecule has 4 nitrogen and oxygen atoms in total. The molecule has 2 bridgehead atoms. The van der Waals surface area contributed by atoms with Gasteiger partial charge in [0.1, 0.15) is 0 Å². The maximum Gasteiger partial charge on any atom is 0.225 e. The third-order valence-corrected chi connectivity index (χ3v) is 4.62. The largest absolute Gasteiger partial charge is 0.378 e. The number of rotatable bonds is 2. The van der Waals surface area contributed by atoms with Gasteiger partial charge in [-0.1, -0.05) is 0 Å². The monoisotopic (exact) mass is 288 g/mol. The maximum atomic E-state index is 12.5. The summed E-state index contributed by atoms with van der Waals surface area (Å²) in [4.78, 5) is 14.7. The van der Waals surface area contributed by atoms with E-state index < -0.39 is 0 Å². The topological polar surface area (TPSA) is 41.6 Å². The molecule has 3 aliphatic rings. The molecular weight excluding hydrogens is 264 g/mol. The van der Waals surface area contributed by atoms with E-state index in [4.69, 9.17) is 4.74 Å². The minimum atomic E-state index is 0. The molecule has 0 aromatic heterocycles. The van der Waals surface area contributed by atoms with Gasteiger partial charge < -0.3 is 15.0 Å². The number of halogens is 1. The molecule has 3 fully saturated rings. The molecule has 1 N–H and O–H groups in total. The zero-order valence-electron chi connectivity index (χ0n) is 11.5. The van der Waals surface area contributed by atoms with Crippen molar-refractivity contribution in [2.24, 2.45) is 0 Å². The lowest BCUT2D eigenvalue weighted by atomic mass is 10.1. The van der Waals surface area contributed by atoms with Crippen molar-refractivity contribution in [1.82, 2.24) is 10.2 Å². The average molecular weight is 289 g/mol. The van der Waals surface area contributed by atoms with Gasteiger partial charge in [0.2, 0.25) is 5.91 Å². The summed E-state index contributed by atoms with van der Waals surface area (Å²) in [7, 11) is 0. The standard InChI is InChI=1S/C14H24N2O2.ClH/c17-14(9-13-3-1-2-8-18-13)16-11-4-5-12(16)10-15-7-6-11;/h11-13,15H,1-10H2;1H. The van der Waals surface area contributed by atoms with Crippen LogP contribution in [0.4, 0.5) is 0 Å². The normalized spacial score (nSPS) is 34.5. The molecule has 0 aromatic carbocycles. The van der Waals surface area contributed by atoms with Crippen LogP contribution in [0.5, 0.6) is 0 Å².